The van der Waals surface area contributed by atoms with Gasteiger partial charge in [-0.15, -0.1) is 0 Å². The second-order valence-electron chi connectivity index (χ2n) is 3.01. The molecule has 2 nitrogen and oxygen atoms in total. The van der Waals surface area contributed by atoms with E-state index in [1.807, 2.05) is 19.9 Å². The number of carbonyl (C=O) groups is 1. The van der Waals surface area contributed by atoms with Gasteiger partial charge in [-0.3, -0.25) is 9.69 Å². The summed E-state index contributed by atoms with van der Waals surface area (Å²) in [5.74, 6) is 0.421. The predicted molar refractivity (Wildman–Crippen MR) is 55.9 cm³/mol. The molecule has 66 valence electrons. The molecule has 0 radical (unpaired) electrons. The van der Waals surface area contributed by atoms with Crippen LogP contribution in [0.1, 0.15) is 13.8 Å². The Bertz CT molecular complexity index is 258. The highest BCUT2D eigenvalue weighted by molar-refractivity contribution is 8.26. The lowest BCUT2D eigenvalue weighted by molar-refractivity contribution is -0.121. The Hall–Kier alpha value is -0.350. The van der Waals surface area contributed by atoms with E-state index in [4.69, 9.17) is 12.2 Å². The van der Waals surface area contributed by atoms with Crippen LogP contribution in [-0.2, 0) is 4.79 Å². The first kappa shape index (κ1) is 9.74. The molecule has 0 aromatic rings. The zero-order valence-corrected chi connectivity index (χ0v) is 8.96. The Labute approximate surface area is 82.0 Å². The molecular formula is C8H11NOS2. The highest BCUT2D eigenvalue weighted by Crippen LogP contribution is 2.30. The van der Waals surface area contributed by atoms with Crippen molar-refractivity contribution in [1.82, 2.24) is 4.90 Å². The fourth-order valence-corrected chi connectivity index (χ4v) is 2.19. The Morgan fingerprint density at radius 1 is 1.58 bits per heavy atom. The number of carbonyl (C=O) groups excluding carboxylic acids is 1. The Morgan fingerprint density at radius 2 is 2.17 bits per heavy atom. The highest BCUT2D eigenvalue weighted by atomic mass is 32.2. The molecule has 1 rings (SSSR count). The zero-order chi connectivity index (χ0) is 9.30. The smallest absolute Gasteiger partial charge is 0.265 e. The monoisotopic (exact) mass is 201 g/mol. The van der Waals surface area contributed by atoms with Gasteiger partial charge in [0.15, 0.2) is 0 Å². The number of likely N-dealkylation sites (N-methyl/N-ethyl adjacent to an activating group) is 1. The summed E-state index contributed by atoms with van der Waals surface area (Å²) in [6, 6.07) is 0. The van der Waals surface area contributed by atoms with Gasteiger partial charge in [0.1, 0.15) is 4.32 Å². The third-order valence-electron chi connectivity index (χ3n) is 1.47. The fraction of sp³-hybridized carbons (Fsp3) is 0.500. The fourth-order valence-electron chi connectivity index (χ4n) is 0.862. The number of hydrogen-bond donors (Lipinski definition) is 0. The van der Waals surface area contributed by atoms with E-state index in [9.17, 15) is 4.79 Å². The van der Waals surface area contributed by atoms with E-state index in [1.165, 1.54) is 16.7 Å². The van der Waals surface area contributed by atoms with Gasteiger partial charge in [-0.1, -0.05) is 43.9 Å². The van der Waals surface area contributed by atoms with E-state index >= 15 is 0 Å². The molecule has 1 aliphatic rings. The van der Waals surface area contributed by atoms with Crippen LogP contribution in [0.4, 0.5) is 0 Å². The molecular weight excluding hydrogens is 190 g/mol. The topological polar surface area (TPSA) is 20.3 Å². The first-order valence-electron chi connectivity index (χ1n) is 3.74. The van der Waals surface area contributed by atoms with Gasteiger partial charge in [0, 0.05) is 7.05 Å². The summed E-state index contributed by atoms with van der Waals surface area (Å²) >= 11 is 6.35. The summed E-state index contributed by atoms with van der Waals surface area (Å²) in [7, 11) is 1.71. The summed E-state index contributed by atoms with van der Waals surface area (Å²) in [6.45, 7) is 4.09. The van der Waals surface area contributed by atoms with Crippen molar-refractivity contribution in [3.05, 3.63) is 11.0 Å². The molecule has 1 amide bonds. The lowest BCUT2D eigenvalue weighted by atomic mass is 10.2. The minimum absolute atomic E-state index is 0.0266. The number of thioether (sulfide) groups is 1. The largest absolute Gasteiger partial charge is 0.296 e. The summed E-state index contributed by atoms with van der Waals surface area (Å²) < 4.78 is 0.645. The number of thiocarbonyl (C=S) groups is 1. The van der Waals surface area contributed by atoms with Crippen molar-refractivity contribution in [1.29, 1.82) is 0 Å². The Kier molecular flexibility index (Phi) is 2.90. The zero-order valence-electron chi connectivity index (χ0n) is 7.33. The molecule has 4 heteroatoms. The second kappa shape index (κ2) is 3.58. The molecule has 1 heterocycles. The van der Waals surface area contributed by atoms with Crippen molar-refractivity contribution < 1.29 is 4.79 Å². The van der Waals surface area contributed by atoms with Crippen LogP contribution in [0.5, 0.6) is 0 Å². The van der Waals surface area contributed by atoms with Crippen LogP contribution in [0.3, 0.4) is 0 Å². The van der Waals surface area contributed by atoms with E-state index in [0.717, 1.165) is 4.91 Å². The van der Waals surface area contributed by atoms with Gasteiger partial charge in [-0.2, -0.15) is 0 Å². The summed E-state index contributed by atoms with van der Waals surface area (Å²) in [5.41, 5.74) is 0. The third-order valence-corrected chi connectivity index (χ3v) is 2.97. The van der Waals surface area contributed by atoms with E-state index in [2.05, 4.69) is 0 Å². The van der Waals surface area contributed by atoms with Gasteiger partial charge in [0.2, 0.25) is 0 Å². The normalized spacial score (nSPS) is 21.7. The number of allylic oxidation sites excluding steroid dienone is 1. The molecule has 0 aromatic heterocycles. The standard InChI is InChI=1S/C8H11NOS2/c1-5(2)4-6-7(10)9(3)8(11)12-6/h4-5H,1-3H3/b6-4-. The van der Waals surface area contributed by atoms with Crippen LogP contribution in [0.2, 0.25) is 0 Å². The van der Waals surface area contributed by atoms with Gasteiger partial charge in [-0.05, 0) is 5.92 Å². The minimum Gasteiger partial charge on any atom is -0.296 e. The van der Waals surface area contributed by atoms with Crippen molar-refractivity contribution in [3.63, 3.8) is 0 Å². The van der Waals surface area contributed by atoms with Crippen molar-refractivity contribution in [3.8, 4) is 0 Å². The maximum absolute atomic E-state index is 11.4. The van der Waals surface area contributed by atoms with Crippen molar-refractivity contribution >= 4 is 34.2 Å². The summed E-state index contributed by atoms with van der Waals surface area (Å²) in [4.78, 5) is 13.7. The molecule has 1 aliphatic heterocycles. The number of amides is 1. The predicted octanol–water partition coefficient (Wildman–Crippen LogP) is 2.02. The van der Waals surface area contributed by atoms with Crippen LogP contribution >= 0.6 is 24.0 Å². The van der Waals surface area contributed by atoms with Gasteiger partial charge < -0.3 is 0 Å². The molecule has 0 atom stereocenters. The average Bonchev–Trinajstić information content (AvgIpc) is 2.17. The van der Waals surface area contributed by atoms with Crippen molar-refractivity contribution in [2.45, 2.75) is 13.8 Å². The van der Waals surface area contributed by atoms with Gasteiger partial charge >= 0.3 is 0 Å². The highest BCUT2D eigenvalue weighted by Gasteiger charge is 2.28. The van der Waals surface area contributed by atoms with E-state index in [1.54, 1.807) is 7.05 Å². The third kappa shape index (κ3) is 1.87. The van der Waals surface area contributed by atoms with Crippen LogP contribution in [-0.4, -0.2) is 22.2 Å². The summed E-state index contributed by atoms with van der Waals surface area (Å²) in [5, 5.41) is 0. The molecule has 12 heavy (non-hydrogen) atoms. The van der Waals surface area contributed by atoms with Crippen LogP contribution in [0.25, 0.3) is 0 Å². The second-order valence-corrected chi connectivity index (χ2v) is 4.68. The summed E-state index contributed by atoms with van der Waals surface area (Å²) in [6.07, 6.45) is 1.95. The molecule has 0 N–H and O–H groups in total. The lowest BCUT2D eigenvalue weighted by Crippen LogP contribution is -2.22. The molecule has 0 bridgehead atoms. The first-order chi connectivity index (χ1) is 5.52. The minimum atomic E-state index is 0.0266. The maximum Gasteiger partial charge on any atom is 0.265 e. The molecule has 0 unspecified atom stereocenters. The van der Waals surface area contributed by atoms with Gasteiger partial charge in [0.25, 0.3) is 5.91 Å². The molecule has 0 saturated carbocycles. The number of hydrogen-bond acceptors (Lipinski definition) is 3. The molecule has 0 aliphatic carbocycles. The van der Waals surface area contributed by atoms with E-state index < -0.39 is 0 Å². The molecule has 0 aromatic carbocycles. The van der Waals surface area contributed by atoms with E-state index in [-0.39, 0.29) is 5.91 Å². The number of rotatable bonds is 1. The van der Waals surface area contributed by atoms with Gasteiger partial charge in [-0.25, -0.2) is 0 Å². The van der Waals surface area contributed by atoms with Gasteiger partial charge in [0.05, 0.1) is 4.91 Å². The van der Waals surface area contributed by atoms with Crippen LogP contribution in [0.15, 0.2) is 11.0 Å². The van der Waals surface area contributed by atoms with Crippen molar-refractivity contribution in [2.24, 2.45) is 5.92 Å². The molecule has 1 saturated heterocycles. The average molecular weight is 201 g/mol. The van der Waals surface area contributed by atoms with Crippen LogP contribution < -0.4 is 0 Å². The SMILES string of the molecule is CC(C)/C=C1\SC(=S)N(C)C1=O. The quantitative estimate of drug-likeness (QED) is 0.478. The number of nitrogens with zero attached hydrogens (tertiary/aromatic N) is 1. The Morgan fingerprint density at radius 3 is 2.50 bits per heavy atom. The molecule has 1 fully saturated rings. The Balaban J connectivity index is 2.85. The molecule has 0 spiro atoms. The maximum atomic E-state index is 11.4. The first-order valence-corrected chi connectivity index (χ1v) is 4.96. The van der Waals surface area contributed by atoms with E-state index in [0.29, 0.717) is 10.2 Å². The van der Waals surface area contributed by atoms with Crippen molar-refractivity contribution in [2.75, 3.05) is 7.05 Å². The van der Waals surface area contributed by atoms with Crippen LogP contribution in [0, 0.1) is 5.92 Å². The lowest BCUT2D eigenvalue weighted by Gasteiger charge is -2.03.